The number of rotatable bonds is 8. The molecule has 1 aromatic carbocycles. The van der Waals surface area contributed by atoms with Crippen molar-refractivity contribution in [3.8, 4) is 0 Å². The van der Waals surface area contributed by atoms with Gasteiger partial charge in [0, 0.05) is 62.8 Å². The Bertz CT molecular complexity index is 992. The van der Waals surface area contributed by atoms with Crippen molar-refractivity contribution in [2.45, 2.75) is 36.7 Å². The summed E-state index contributed by atoms with van der Waals surface area (Å²) in [6.45, 7) is 3.31. The minimum Gasteiger partial charge on any atom is -0.368 e. The number of nitrogens with one attached hydrogen (secondary N) is 3. The van der Waals surface area contributed by atoms with Crippen molar-refractivity contribution in [1.29, 1.82) is 0 Å². The average molecular weight is 506 g/mol. The van der Waals surface area contributed by atoms with Gasteiger partial charge in [0.25, 0.3) is 5.91 Å². The number of piperazine rings is 1. The van der Waals surface area contributed by atoms with E-state index >= 15 is 0 Å². The molecule has 2 aliphatic heterocycles. The summed E-state index contributed by atoms with van der Waals surface area (Å²) in [6.07, 6.45) is 4.96. The molecule has 2 atom stereocenters. The summed E-state index contributed by atoms with van der Waals surface area (Å²) in [6, 6.07) is 9.26. The highest BCUT2D eigenvalue weighted by atomic mass is 35.5. The van der Waals surface area contributed by atoms with Crippen LogP contribution in [0.2, 0.25) is 0 Å². The van der Waals surface area contributed by atoms with Crippen LogP contribution in [0.4, 0.5) is 4.79 Å². The first kappa shape index (κ1) is 24.6. The van der Waals surface area contributed by atoms with E-state index in [9.17, 15) is 14.4 Å². The van der Waals surface area contributed by atoms with Gasteiger partial charge in [0.05, 0.1) is 5.38 Å². The third kappa shape index (κ3) is 5.92. The Hall–Kier alpha value is -2.55. The van der Waals surface area contributed by atoms with E-state index in [4.69, 9.17) is 23.2 Å². The lowest BCUT2D eigenvalue weighted by molar-refractivity contribution is -0.133. The molecule has 8 nitrogen and oxygen atoms in total. The summed E-state index contributed by atoms with van der Waals surface area (Å²) in [5, 5.41) is 8.92. The summed E-state index contributed by atoms with van der Waals surface area (Å²) in [4.78, 5) is 41.4. The Morgan fingerprint density at radius 3 is 2.53 bits per heavy atom. The van der Waals surface area contributed by atoms with Crippen molar-refractivity contribution in [3.05, 3.63) is 58.8 Å². The van der Waals surface area contributed by atoms with Crippen molar-refractivity contribution in [1.82, 2.24) is 25.8 Å². The lowest BCUT2D eigenvalue weighted by atomic mass is 9.92. The third-order valence-corrected chi connectivity index (χ3v) is 6.97. The second-order valence-corrected chi connectivity index (χ2v) is 9.90. The summed E-state index contributed by atoms with van der Waals surface area (Å²) in [7, 11) is 0. The maximum Gasteiger partial charge on any atom is 0.322 e. The normalized spacial score (nSPS) is 24.9. The van der Waals surface area contributed by atoms with Crippen molar-refractivity contribution >= 4 is 41.0 Å². The summed E-state index contributed by atoms with van der Waals surface area (Å²) in [5.41, 5.74) is 0.922. The molecule has 0 saturated carbocycles. The highest BCUT2D eigenvalue weighted by molar-refractivity contribution is 6.31. The molecular formula is C24H29Cl2N5O3. The molecule has 4 rings (SSSR count). The monoisotopic (exact) mass is 505 g/mol. The number of urea groups is 1. The first-order valence-corrected chi connectivity index (χ1v) is 12.3. The van der Waals surface area contributed by atoms with Crippen molar-refractivity contribution in [3.63, 3.8) is 0 Å². The van der Waals surface area contributed by atoms with Gasteiger partial charge in [0.15, 0.2) is 0 Å². The minimum absolute atomic E-state index is 0.0301. The highest BCUT2D eigenvalue weighted by Crippen LogP contribution is 2.27. The standard InChI is InChI=1S/C24H29Cl2N5O3/c25-18-12-19(26)14-20(13-18)30-8-10-31(11-9-30)21(32)6-7-24(22(33)28-23(34)29-24)16-27-15-17-4-2-1-3-5-17/h1-5,13-14,18,27H,6-12,15-16H2,(H2,28,29,33,34). The zero-order valence-electron chi connectivity index (χ0n) is 18.9. The average Bonchev–Trinajstić information content (AvgIpc) is 3.10. The fourth-order valence-corrected chi connectivity index (χ4v) is 5.17. The van der Waals surface area contributed by atoms with Crippen molar-refractivity contribution in [2.24, 2.45) is 0 Å². The first-order valence-electron chi connectivity index (χ1n) is 11.5. The maximum absolute atomic E-state index is 12.9. The summed E-state index contributed by atoms with van der Waals surface area (Å²) in [5.74, 6) is -0.434. The molecule has 10 heteroatoms. The molecular weight excluding hydrogens is 477 g/mol. The van der Waals surface area contributed by atoms with Gasteiger partial charge in [-0.1, -0.05) is 41.9 Å². The zero-order chi connectivity index (χ0) is 24.1. The molecule has 2 saturated heterocycles. The predicted octanol–water partition coefficient (Wildman–Crippen LogP) is 2.30. The van der Waals surface area contributed by atoms with E-state index in [-0.39, 0.29) is 30.7 Å². The number of hydrogen-bond acceptors (Lipinski definition) is 5. The molecule has 0 spiro atoms. The molecule has 2 heterocycles. The van der Waals surface area contributed by atoms with E-state index < -0.39 is 17.5 Å². The molecule has 4 amide bonds. The molecule has 0 bridgehead atoms. The molecule has 34 heavy (non-hydrogen) atoms. The number of alkyl halides is 1. The number of allylic oxidation sites excluding steroid dienone is 3. The molecule has 2 unspecified atom stereocenters. The fraction of sp³-hybridized carbons (Fsp3) is 0.458. The highest BCUT2D eigenvalue weighted by Gasteiger charge is 2.46. The number of benzene rings is 1. The predicted molar refractivity (Wildman–Crippen MR) is 131 cm³/mol. The smallest absolute Gasteiger partial charge is 0.322 e. The summed E-state index contributed by atoms with van der Waals surface area (Å²) >= 11 is 12.4. The SMILES string of the molecule is O=C1NC(=O)C(CCC(=O)N2CCN(C3=CC(Cl)CC(Cl)=C3)CC2)(CNCc2ccccc2)N1. The third-order valence-electron chi connectivity index (χ3n) is 6.42. The van der Waals surface area contributed by atoms with Gasteiger partial charge >= 0.3 is 6.03 Å². The molecule has 3 N–H and O–H groups in total. The number of hydrogen-bond donors (Lipinski definition) is 3. The lowest BCUT2D eigenvalue weighted by Gasteiger charge is -2.38. The molecule has 1 aliphatic carbocycles. The molecule has 2 fully saturated rings. The van der Waals surface area contributed by atoms with Crippen LogP contribution < -0.4 is 16.0 Å². The Morgan fingerprint density at radius 2 is 1.88 bits per heavy atom. The number of nitrogens with zero attached hydrogens (tertiary/aromatic N) is 2. The van der Waals surface area contributed by atoms with Crippen LogP contribution in [0.5, 0.6) is 0 Å². The number of imide groups is 1. The number of halogens is 2. The van der Waals surface area contributed by atoms with E-state index in [2.05, 4.69) is 20.9 Å². The lowest BCUT2D eigenvalue weighted by Crippen LogP contribution is -2.55. The van der Waals surface area contributed by atoms with Gasteiger partial charge in [-0.25, -0.2) is 4.79 Å². The van der Waals surface area contributed by atoms with Crippen LogP contribution in [-0.4, -0.2) is 71.3 Å². The van der Waals surface area contributed by atoms with Crippen molar-refractivity contribution < 1.29 is 14.4 Å². The molecule has 3 aliphatic rings. The van der Waals surface area contributed by atoms with E-state index in [1.165, 1.54) is 0 Å². The van der Waals surface area contributed by atoms with Crippen LogP contribution in [0.3, 0.4) is 0 Å². The Labute approximate surface area is 209 Å². The van der Waals surface area contributed by atoms with E-state index in [1.807, 2.05) is 47.4 Å². The molecule has 182 valence electrons. The van der Waals surface area contributed by atoms with Gasteiger partial charge in [-0.3, -0.25) is 14.9 Å². The van der Waals surface area contributed by atoms with Gasteiger partial charge in [-0.2, -0.15) is 0 Å². The topological polar surface area (TPSA) is 93.8 Å². The maximum atomic E-state index is 12.9. The molecule has 0 aromatic heterocycles. The largest absolute Gasteiger partial charge is 0.368 e. The second kappa shape index (κ2) is 10.8. The van der Waals surface area contributed by atoms with Gasteiger partial charge < -0.3 is 20.4 Å². The molecule has 1 aromatic rings. The van der Waals surface area contributed by atoms with Crippen LogP contribution in [0.1, 0.15) is 24.8 Å². The van der Waals surface area contributed by atoms with Crippen molar-refractivity contribution in [2.75, 3.05) is 32.7 Å². The van der Waals surface area contributed by atoms with Crippen LogP contribution in [0, 0.1) is 0 Å². The van der Waals surface area contributed by atoms with Crippen LogP contribution in [0.25, 0.3) is 0 Å². The fourth-order valence-electron chi connectivity index (χ4n) is 4.52. The van der Waals surface area contributed by atoms with Gasteiger partial charge in [-0.15, -0.1) is 11.6 Å². The summed E-state index contributed by atoms with van der Waals surface area (Å²) < 4.78 is 0. The Balaban J connectivity index is 1.30. The van der Waals surface area contributed by atoms with Gasteiger partial charge in [0.1, 0.15) is 5.54 Å². The van der Waals surface area contributed by atoms with E-state index in [0.717, 1.165) is 16.3 Å². The Kier molecular flexibility index (Phi) is 7.80. The van der Waals surface area contributed by atoms with E-state index in [0.29, 0.717) is 39.1 Å². The Morgan fingerprint density at radius 1 is 1.15 bits per heavy atom. The van der Waals surface area contributed by atoms with Crippen LogP contribution in [-0.2, 0) is 16.1 Å². The van der Waals surface area contributed by atoms with Gasteiger partial charge in [0.2, 0.25) is 5.91 Å². The number of carbonyl (C=O) groups excluding carboxylic acids is 3. The molecule has 0 radical (unpaired) electrons. The minimum atomic E-state index is -1.15. The zero-order valence-corrected chi connectivity index (χ0v) is 20.4. The van der Waals surface area contributed by atoms with Crippen LogP contribution >= 0.6 is 23.2 Å². The first-order chi connectivity index (χ1) is 16.3. The van der Waals surface area contributed by atoms with E-state index in [1.54, 1.807) is 0 Å². The number of carbonyl (C=O) groups is 3. The van der Waals surface area contributed by atoms with Gasteiger partial charge in [-0.05, 0) is 24.1 Å². The van der Waals surface area contributed by atoms with Crippen LogP contribution in [0.15, 0.2) is 53.2 Å². The quantitative estimate of drug-likeness (QED) is 0.372. The number of amides is 4. The second-order valence-electron chi connectivity index (χ2n) is 8.85.